The second-order valence-corrected chi connectivity index (χ2v) is 12.3. The molecule has 1 aromatic heterocycles. The van der Waals surface area contributed by atoms with E-state index in [2.05, 4.69) is 26.4 Å². The predicted molar refractivity (Wildman–Crippen MR) is 162 cm³/mol. The summed E-state index contributed by atoms with van der Waals surface area (Å²) in [5, 5.41) is 9.85. The van der Waals surface area contributed by atoms with Crippen molar-refractivity contribution in [1.82, 2.24) is 24.4 Å². The van der Waals surface area contributed by atoms with Gasteiger partial charge >= 0.3 is 6.03 Å². The van der Waals surface area contributed by atoms with Crippen LogP contribution in [0.4, 0.5) is 4.79 Å². The van der Waals surface area contributed by atoms with Gasteiger partial charge in [0.1, 0.15) is 11.6 Å². The predicted octanol–water partition coefficient (Wildman–Crippen LogP) is 5.60. The maximum Gasteiger partial charge on any atom is 0.330 e. The fourth-order valence-electron chi connectivity index (χ4n) is 4.15. The van der Waals surface area contributed by atoms with Gasteiger partial charge in [-0.3, -0.25) is 0 Å². The highest BCUT2D eigenvalue weighted by atomic mass is 32.2. The monoisotopic (exact) mass is 593 g/mol. The van der Waals surface area contributed by atoms with Gasteiger partial charge in [-0.05, 0) is 41.3 Å². The van der Waals surface area contributed by atoms with Crippen LogP contribution in [-0.2, 0) is 28.7 Å². The molecule has 0 aliphatic heterocycles. The highest BCUT2D eigenvalue weighted by molar-refractivity contribution is 7.98. The van der Waals surface area contributed by atoms with Crippen LogP contribution in [0.1, 0.15) is 36.7 Å². The van der Waals surface area contributed by atoms with Crippen LogP contribution in [0.5, 0.6) is 5.75 Å². The lowest BCUT2D eigenvalue weighted by molar-refractivity contribution is 0.223. The van der Waals surface area contributed by atoms with Crippen LogP contribution >= 0.6 is 11.8 Å². The Bertz CT molecular complexity index is 1570. The van der Waals surface area contributed by atoms with Crippen LogP contribution in [0, 0.1) is 0 Å². The summed E-state index contributed by atoms with van der Waals surface area (Å²) in [6.07, 6.45) is 2.93. The van der Waals surface area contributed by atoms with Crippen LogP contribution < -0.4 is 9.46 Å². The van der Waals surface area contributed by atoms with E-state index >= 15 is 0 Å². The van der Waals surface area contributed by atoms with Crippen molar-refractivity contribution in [2.75, 3.05) is 21.2 Å². The van der Waals surface area contributed by atoms with Gasteiger partial charge in [-0.25, -0.2) is 17.9 Å². The zero-order chi connectivity index (χ0) is 29.4. The third-order valence-corrected chi connectivity index (χ3v) is 8.90. The molecule has 41 heavy (non-hydrogen) atoms. The number of methoxy groups -OCH3 is 1. The average Bonchev–Trinajstić information content (AvgIpc) is 3.36. The number of carbonyl (C=O) groups excluding carboxylic acids is 1. The molecule has 1 N–H and O–H groups in total. The number of unbranched alkanes of at least 4 members (excludes halogenated alkanes) is 1. The highest BCUT2D eigenvalue weighted by Crippen LogP contribution is 2.29. The van der Waals surface area contributed by atoms with E-state index in [1.165, 1.54) is 30.6 Å². The van der Waals surface area contributed by atoms with Gasteiger partial charge in [0.25, 0.3) is 10.0 Å². The van der Waals surface area contributed by atoms with Crippen LogP contribution in [-0.4, -0.2) is 55.3 Å². The molecule has 4 aromatic rings. The van der Waals surface area contributed by atoms with Gasteiger partial charge < -0.3 is 14.2 Å². The number of benzene rings is 3. The number of amides is 2. The zero-order valence-electron chi connectivity index (χ0n) is 23.7. The van der Waals surface area contributed by atoms with Gasteiger partial charge in [0.15, 0.2) is 5.16 Å². The number of aryl methyl sites for hydroxylation is 1. The Morgan fingerprint density at radius 2 is 1.66 bits per heavy atom. The number of ether oxygens (including phenoxy) is 1. The number of hydrogen-bond donors (Lipinski definition) is 1. The lowest BCUT2D eigenvalue weighted by atomic mass is 10.0. The van der Waals surface area contributed by atoms with E-state index in [4.69, 9.17) is 4.74 Å². The van der Waals surface area contributed by atoms with E-state index in [9.17, 15) is 13.2 Å². The molecule has 0 fully saturated rings. The number of rotatable bonds is 12. The van der Waals surface area contributed by atoms with Gasteiger partial charge in [-0.15, -0.1) is 10.2 Å². The number of nitrogens with one attached hydrogen (secondary N) is 1. The standard InChI is InChI=1S/C30H35N5O4S2/c1-5-6-11-28-31-32-30(40-21-23-14-18-25(39-4)19-15-23)35(28)20-22-12-16-24(17-13-22)26-9-7-8-10-27(26)41(37,38)33-29(36)34(2)3/h7-10,12-19H,5-6,11,20-21H2,1-4H3,(H,33,36). The first-order valence-corrected chi connectivity index (χ1v) is 15.8. The lowest BCUT2D eigenvalue weighted by Gasteiger charge is -2.15. The minimum Gasteiger partial charge on any atom is -0.497 e. The summed E-state index contributed by atoms with van der Waals surface area (Å²) >= 11 is 1.64. The molecule has 0 aliphatic carbocycles. The summed E-state index contributed by atoms with van der Waals surface area (Å²) in [4.78, 5) is 13.3. The zero-order valence-corrected chi connectivity index (χ0v) is 25.3. The molecule has 4 rings (SSSR count). The number of urea groups is 1. The Hall–Kier alpha value is -3.83. The summed E-state index contributed by atoms with van der Waals surface area (Å²) in [6, 6.07) is 21.7. The van der Waals surface area contributed by atoms with Crippen molar-refractivity contribution in [3.63, 3.8) is 0 Å². The second-order valence-electron chi connectivity index (χ2n) is 9.72. The highest BCUT2D eigenvalue weighted by Gasteiger charge is 2.22. The number of thioether (sulfide) groups is 1. The summed E-state index contributed by atoms with van der Waals surface area (Å²) in [7, 11) is 0.572. The maximum absolute atomic E-state index is 13.0. The molecule has 0 saturated heterocycles. The Balaban J connectivity index is 1.56. The molecular weight excluding hydrogens is 558 g/mol. The molecule has 0 atom stereocenters. The van der Waals surface area contributed by atoms with E-state index in [0.717, 1.165) is 52.9 Å². The van der Waals surface area contributed by atoms with E-state index in [1.54, 1.807) is 37.1 Å². The number of carbonyl (C=O) groups is 1. The molecule has 0 bridgehead atoms. The molecular formula is C30H35N5O4S2. The van der Waals surface area contributed by atoms with Gasteiger partial charge in [0.05, 0.1) is 18.6 Å². The van der Waals surface area contributed by atoms with Gasteiger partial charge in [0, 0.05) is 31.8 Å². The van der Waals surface area contributed by atoms with Crippen LogP contribution in [0.25, 0.3) is 11.1 Å². The molecule has 9 nitrogen and oxygen atoms in total. The Morgan fingerprint density at radius 1 is 0.976 bits per heavy atom. The Kier molecular flexibility index (Phi) is 10.1. The number of hydrogen-bond acceptors (Lipinski definition) is 7. The lowest BCUT2D eigenvalue weighted by Crippen LogP contribution is -2.38. The molecule has 216 valence electrons. The van der Waals surface area contributed by atoms with Gasteiger partial charge in [0.2, 0.25) is 0 Å². The van der Waals surface area contributed by atoms with Gasteiger partial charge in [-0.1, -0.05) is 79.7 Å². The molecule has 0 unspecified atom stereocenters. The van der Waals surface area contributed by atoms with Crippen molar-refractivity contribution in [2.45, 2.75) is 48.5 Å². The van der Waals surface area contributed by atoms with Gasteiger partial charge in [-0.2, -0.15) is 0 Å². The molecule has 2 amide bonds. The summed E-state index contributed by atoms with van der Waals surface area (Å²) in [5.41, 5.74) is 3.46. The molecule has 0 saturated carbocycles. The average molecular weight is 594 g/mol. The normalized spacial score (nSPS) is 11.3. The molecule has 3 aromatic carbocycles. The SMILES string of the molecule is CCCCc1nnc(SCc2ccc(OC)cc2)n1Cc1ccc(-c2ccccc2S(=O)(=O)NC(=O)N(C)C)cc1. The summed E-state index contributed by atoms with van der Waals surface area (Å²) in [5.74, 6) is 2.52. The van der Waals surface area contributed by atoms with Crippen molar-refractivity contribution in [3.05, 3.63) is 89.7 Å². The van der Waals surface area contributed by atoms with E-state index < -0.39 is 16.1 Å². The fraction of sp³-hybridized carbons (Fsp3) is 0.300. The smallest absolute Gasteiger partial charge is 0.330 e. The Labute approximate surface area is 246 Å². The van der Waals surface area contributed by atoms with Crippen molar-refractivity contribution >= 4 is 27.8 Å². The van der Waals surface area contributed by atoms with Crippen LogP contribution in [0.2, 0.25) is 0 Å². The number of aromatic nitrogens is 3. The second kappa shape index (κ2) is 13.7. The third kappa shape index (κ3) is 7.68. The maximum atomic E-state index is 13.0. The number of sulfonamides is 1. The third-order valence-electron chi connectivity index (χ3n) is 6.48. The minimum absolute atomic E-state index is 0.0424. The first-order chi connectivity index (χ1) is 19.7. The largest absolute Gasteiger partial charge is 0.497 e. The van der Waals surface area contributed by atoms with Crippen LogP contribution in [0.15, 0.2) is 82.8 Å². The van der Waals surface area contributed by atoms with Crippen molar-refractivity contribution < 1.29 is 17.9 Å². The fourth-order valence-corrected chi connectivity index (χ4v) is 6.32. The number of nitrogens with zero attached hydrogens (tertiary/aromatic N) is 4. The summed E-state index contributed by atoms with van der Waals surface area (Å²) in [6.45, 7) is 2.75. The quantitative estimate of drug-likeness (QED) is 0.213. The van der Waals surface area contributed by atoms with E-state index in [1.807, 2.05) is 48.5 Å². The van der Waals surface area contributed by atoms with E-state index in [0.29, 0.717) is 12.1 Å². The molecule has 0 spiro atoms. The van der Waals surface area contributed by atoms with Crippen molar-refractivity contribution in [2.24, 2.45) is 0 Å². The van der Waals surface area contributed by atoms with E-state index in [-0.39, 0.29) is 4.90 Å². The first-order valence-electron chi connectivity index (χ1n) is 13.3. The molecule has 11 heteroatoms. The Morgan fingerprint density at radius 3 is 2.32 bits per heavy atom. The topological polar surface area (TPSA) is 106 Å². The van der Waals surface area contributed by atoms with Crippen molar-refractivity contribution in [3.8, 4) is 16.9 Å². The summed E-state index contributed by atoms with van der Waals surface area (Å²) < 4.78 is 35.5. The van der Waals surface area contributed by atoms with Crippen LogP contribution in [0.3, 0.4) is 0 Å². The first kappa shape index (κ1) is 30.1. The molecule has 0 radical (unpaired) electrons. The minimum atomic E-state index is -4.06. The van der Waals surface area contributed by atoms with Crippen molar-refractivity contribution in [1.29, 1.82) is 0 Å². The molecule has 0 aliphatic rings. The molecule has 1 heterocycles.